The van der Waals surface area contributed by atoms with E-state index in [-0.39, 0.29) is 17.7 Å². The van der Waals surface area contributed by atoms with E-state index in [2.05, 4.69) is 11.4 Å². The van der Waals surface area contributed by atoms with Gasteiger partial charge in [-0.05, 0) is 23.4 Å². The van der Waals surface area contributed by atoms with Crippen molar-refractivity contribution in [2.45, 2.75) is 19.4 Å². The van der Waals surface area contributed by atoms with Crippen molar-refractivity contribution in [3.05, 3.63) is 21.9 Å². The largest absolute Gasteiger partial charge is 0.383 e. The third-order valence-electron chi connectivity index (χ3n) is 4.25. The lowest BCUT2D eigenvalue weighted by Gasteiger charge is -2.29. The lowest BCUT2D eigenvalue weighted by Crippen LogP contribution is -2.40. The Morgan fingerprint density at radius 2 is 2.38 bits per heavy atom. The summed E-state index contributed by atoms with van der Waals surface area (Å²) >= 11 is 1.77. The quantitative estimate of drug-likeness (QED) is 0.838. The summed E-state index contributed by atoms with van der Waals surface area (Å²) in [4.78, 5) is 29.6. The molecule has 1 saturated heterocycles. The van der Waals surface area contributed by atoms with Crippen LogP contribution in [-0.2, 0) is 27.3 Å². The van der Waals surface area contributed by atoms with Crippen molar-refractivity contribution in [2.24, 2.45) is 5.92 Å². The minimum Gasteiger partial charge on any atom is -0.383 e. The number of likely N-dealkylation sites (tertiary alicyclic amines) is 1. The van der Waals surface area contributed by atoms with Crippen LogP contribution in [0.1, 0.15) is 16.9 Å². The first-order chi connectivity index (χ1) is 10.2. The molecule has 1 aromatic heterocycles. The number of fused-ring (bicyclic) bond motifs is 1. The summed E-state index contributed by atoms with van der Waals surface area (Å²) in [6.07, 6.45) is 1.28. The van der Waals surface area contributed by atoms with Crippen LogP contribution in [-0.4, -0.2) is 55.0 Å². The van der Waals surface area contributed by atoms with Gasteiger partial charge in [0.2, 0.25) is 11.8 Å². The molecule has 3 rings (SSSR count). The maximum absolute atomic E-state index is 12.6. The van der Waals surface area contributed by atoms with E-state index in [1.54, 1.807) is 23.3 Å². The molecule has 0 saturated carbocycles. The smallest absolute Gasteiger partial charge is 0.228 e. The van der Waals surface area contributed by atoms with Gasteiger partial charge in [0.1, 0.15) is 0 Å². The first kappa shape index (κ1) is 14.5. The highest BCUT2D eigenvalue weighted by atomic mass is 32.1. The van der Waals surface area contributed by atoms with Crippen LogP contribution in [0.2, 0.25) is 0 Å². The maximum atomic E-state index is 12.6. The fourth-order valence-electron chi connectivity index (χ4n) is 3.05. The summed E-state index contributed by atoms with van der Waals surface area (Å²) in [5.41, 5.74) is 1.26. The second kappa shape index (κ2) is 6.15. The lowest BCUT2D eigenvalue weighted by atomic mass is 10.0. The minimum absolute atomic E-state index is 0.0682. The van der Waals surface area contributed by atoms with E-state index in [1.807, 2.05) is 4.90 Å². The predicted octanol–water partition coefficient (Wildman–Crippen LogP) is 1.13. The number of carbonyl (C=O) groups is 2. The van der Waals surface area contributed by atoms with Crippen LogP contribution in [0.15, 0.2) is 11.4 Å². The Bertz CT molecular complexity index is 543. The number of methoxy groups -OCH3 is 1. The maximum Gasteiger partial charge on any atom is 0.228 e. The molecule has 114 valence electrons. The van der Waals surface area contributed by atoms with Gasteiger partial charge >= 0.3 is 0 Å². The van der Waals surface area contributed by atoms with Crippen molar-refractivity contribution in [1.29, 1.82) is 0 Å². The van der Waals surface area contributed by atoms with Crippen molar-refractivity contribution in [2.75, 3.05) is 33.4 Å². The Balaban J connectivity index is 1.60. The molecular formula is C15H20N2O3S. The van der Waals surface area contributed by atoms with E-state index in [4.69, 9.17) is 4.74 Å². The van der Waals surface area contributed by atoms with Crippen molar-refractivity contribution in [1.82, 2.24) is 9.80 Å². The fraction of sp³-hybridized carbons (Fsp3) is 0.600. The second-order valence-corrected chi connectivity index (χ2v) is 6.61. The molecule has 1 atom stereocenters. The molecule has 2 aliphatic rings. The molecule has 0 spiro atoms. The molecule has 0 aromatic carbocycles. The number of thiophene rings is 1. The van der Waals surface area contributed by atoms with Gasteiger partial charge in [-0.25, -0.2) is 0 Å². The third-order valence-corrected chi connectivity index (χ3v) is 5.27. The highest BCUT2D eigenvalue weighted by Crippen LogP contribution is 2.27. The van der Waals surface area contributed by atoms with E-state index in [9.17, 15) is 9.59 Å². The summed E-state index contributed by atoms with van der Waals surface area (Å²) in [6, 6.07) is 2.10. The number of hydrogen-bond acceptors (Lipinski definition) is 4. The molecule has 0 N–H and O–H groups in total. The Labute approximate surface area is 128 Å². The predicted molar refractivity (Wildman–Crippen MR) is 80.0 cm³/mol. The molecule has 1 aromatic rings. The van der Waals surface area contributed by atoms with E-state index in [0.717, 1.165) is 13.0 Å². The van der Waals surface area contributed by atoms with Gasteiger partial charge in [0.05, 0.1) is 12.5 Å². The molecule has 0 radical (unpaired) electrons. The second-order valence-electron chi connectivity index (χ2n) is 5.61. The molecule has 1 unspecified atom stereocenters. The van der Waals surface area contributed by atoms with Crippen LogP contribution in [0.5, 0.6) is 0 Å². The molecular weight excluding hydrogens is 288 g/mol. The summed E-state index contributed by atoms with van der Waals surface area (Å²) in [6.45, 7) is 3.10. The zero-order valence-electron chi connectivity index (χ0n) is 12.2. The van der Waals surface area contributed by atoms with E-state index >= 15 is 0 Å². The number of rotatable bonds is 4. The van der Waals surface area contributed by atoms with Gasteiger partial charge in [0, 0.05) is 44.6 Å². The van der Waals surface area contributed by atoms with Crippen molar-refractivity contribution >= 4 is 23.2 Å². The lowest BCUT2D eigenvalue weighted by molar-refractivity contribution is -0.136. The van der Waals surface area contributed by atoms with Crippen LogP contribution in [0, 0.1) is 5.92 Å². The van der Waals surface area contributed by atoms with Gasteiger partial charge in [0.25, 0.3) is 0 Å². The van der Waals surface area contributed by atoms with Crippen LogP contribution in [0.4, 0.5) is 0 Å². The first-order valence-electron chi connectivity index (χ1n) is 7.29. The molecule has 5 nitrogen and oxygen atoms in total. The molecule has 0 bridgehead atoms. The molecule has 0 aliphatic carbocycles. The fourth-order valence-corrected chi connectivity index (χ4v) is 3.94. The van der Waals surface area contributed by atoms with Gasteiger partial charge in [-0.3, -0.25) is 9.59 Å². The molecule has 21 heavy (non-hydrogen) atoms. The highest BCUT2D eigenvalue weighted by Gasteiger charge is 2.37. The number of nitrogens with zero attached hydrogens (tertiary/aromatic N) is 2. The Morgan fingerprint density at radius 3 is 3.19 bits per heavy atom. The van der Waals surface area contributed by atoms with Crippen molar-refractivity contribution in [3.63, 3.8) is 0 Å². The molecule has 6 heteroatoms. The molecule has 2 aliphatic heterocycles. The van der Waals surface area contributed by atoms with Crippen molar-refractivity contribution in [3.8, 4) is 0 Å². The SMILES string of the molecule is COCCN1CC(C(=O)N2CCc3sccc3C2)CC1=O. The summed E-state index contributed by atoms with van der Waals surface area (Å²) in [5, 5.41) is 2.09. The summed E-state index contributed by atoms with van der Waals surface area (Å²) < 4.78 is 5.01. The topological polar surface area (TPSA) is 49.9 Å². The zero-order chi connectivity index (χ0) is 14.8. The van der Waals surface area contributed by atoms with E-state index in [1.165, 1.54) is 10.4 Å². The monoisotopic (exact) mass is 308 g/mol. The van der Waals surface area contributed by atoms with Crippen LogP contribution in [0.25, 0.3) is 0 Å². The van der Waals surface area contributed by atoms with Crippen LogP contribution >= 0.6 is 11.3 Å². The van der Waals surface area contributed by atoms with E-state index in [0.29, 0.717) is 32.7 Å². The Morgan fingerprint density at radius 1 is 1.52 bits per heavy atom. The molecule has 3 heterocycles. The van der Waals surface area contributed by atoms with Crippen LogP contribution in [0.3, 0.4) is 0 Å². The van der Waals surface area contributed by atoms with Gasteiger partial charge in [-0.1, -0.05) is 0 Å². The average molecular weight is 308 g/mol. The Kier molecular flexibility index (Phi) is 4.26. The average Bonchev–Trinajstić information content (AvgIpc) is 3.10. The number of amides is 2. The van der Waals surface area contributed by atoms with E-state index < -0.39 is 0 Å². The minimum atomic E-state index is -0.186. The summed E-state index contributed by atoms with van der Waals surface area (Å²) in [7, 11) is 1.62. The highest BCUT2D eigenvalue weighted by molar-refractivity contribution is 7.10. The van der Waals surface area contributed by atoms with Gasteiger partial charge in [-0.15, -0.1) is 11.3 Å². The van der Waals surface area contributed by atoms with Gasteiger partial charge in [-0.2, -0.15) is 0 Å². The van der Waals surface area contributed by atoms with Gasteiger partial charge in [0.15, 0.2) is 0 Å². The molecule has 1 fully saturated rings. The Hall–Kier alpha value is -1.40. The summed E-state index contributed by atoms with van der Waals surface area (Å²) in [5.74, 6) is 0.00768. The van der Waals surface area contributed by atoms with Gasteiger partial charge < -0.3 is 14.5 Å². The first-order valence-corrected chi connectivity index (χ1v) is 8.17. The standard InChI is InChI=1S/C15H20N2O3S/c1-20-6-5-16-10-12(8-14(16)18)15(19)17-4-2-13-11(9-17)3-7-21-13/h3,7,12H,2,4-6,8-10H2,1H3. The van der Waals surface area contributed by atoms with Crippen LogP contribution < -0.4 is 0 Å². The number of carbonyl (C=O) groups excluding carboxylic acids is 2. The number of hydrogen-bond donors (Lipinski definition) is 0. The normalized spacial score (nSPS) is 21.8. The zero-order valence-corrected chi connectivity index (χ0v) is 13.0. The molecule has 2 amide bonds. The third kappa shape index (κ3) is 2.96. The van der Waals surface area contributed by atoms with Crippen molar-refractivity contribution < 1.29 is 14.3 Å². The number of ether oxygens (including phenoxy) is 1.